The topological polar surface area (TPSA) is 66.0 Å². The van der Waals surface area contributed by atoms with Crippen LogP contribution in [0.15, 0.2) is 24.5 Å². The largest absolute Gasteiger partial charge is 0.485 e. The van der Waals surface area contributed by atoms with Crippen LogP contribution in [0.3, 0.4) is 0 Å². The van der Waals surface area contributed by atoms with Crippen LogP contribution >= 0.6 is 0 Å². The van der Waals surface area contributed by atoms with Gasteiger partial charge in [0.2, 0.25) is 0 Å². The van der Waals surface area contributed by atoms with E-state index >= 15 is 0 Å². The summed E-state index contributed by atoms with van der Waals surface area (Å²) >= 11 is 0. The molecule has 0 saturated carbocycles. The second kappa shape index (κ2) is 7.17. The summed E-state index contributed by atoms with van der Waals surface area (Å²) in [6.07, 6.45) is 2.10. The third kappa shape index (κ3) is 4.26. The highest BCUT2D eigenvalue weighted by atomic mass is 19.1. The Balaban J connectivity index is 2.08. The van der Waals surface area contributed by atoms with E-state index in [9.17, 15) is 4.39 Å². The molecule has 5 nitrogen and oxygen atoms in total. The van der Waals surface area contributed by atoms with Crippen LogP contribution in [-0.4, -0.2) is 21.3 Å². The molecule has 1 heterocycles. The zero-order valence-corrected chi connectivity index (χ0v) is 12.4. The zero-order valence-electron chi connectivity index (χ0n) is 12.4. The number of aromatic nitrogens is 3. The molecule has 0 unspecified atom stereocenters. The summed E-state index contributed by atoms with van der Waals surface area (Å²) in [5.74, 6) is 1.59. The monoisotopic (exact) mass is 292 g/mol. The molecule has 2 rings (SSSR count). The zero-order chi connectivity index (χ0) is 15.2. The highest BCUT2D eigenvalue weighted by Crippen LogP contribution is 2.21. The number of halogens is 1. The summed E-state index contributed by atoms with van der Waals surface area (Å²) in [7, 11) is 0. The van der Waals surface area contributed by atoms with E-state index in [0.29, 0.717) is 31.2 Å². The maximum Gasteiger partial charge on any atom is 0.164 e. The van der Waals surface area contributed by atoms with Crippen molar-refractivity contribution in [2.75, 3.05) is 6.54 Å². The maximum atomic E-state index is 13.3. The summed E-state index contributed by atoms with van der Waals surface area (Å²) in [5.41, 5.74) is 6.32. The molecule has 1 aromatic heterocycles. The predicted octanol–water partition coefficient (Wildman–Crippen LogP) is 2.15. The number of benzene rings is 1. The predicted molar refractivity (Wildman–Crippen MR) is 78.4 cm³/mol. The van der Waals surface area contributed by atoms with Crippen molar-refractivity contribution in [3.8, 4) is 5.75 Å². The Bertz CT molecular complexity index is 583. The molecule has 2 aromatic rings. The molecule has 6 heteroatoms. The number of hydrogen-bond donors (Lipinski definition) is 1. The molecule has 0 bridgehead atoms. The van der Waals surface area contributed by atoms with E-state index in [2.05, 4.69) is 23.9 Å². The van der Waals surface area contributed by atoms with Crippen LogP contribution in [-0.2, 0) is 19.6 Å². The van der Waals surface area contributed by atoms with Gasteiger partial charge in [0.1, 0.15) is 24.5 Å². The Labute approximate surface area is 123 Å². The van der Waals surface area contributed by atoms with E-state index < -0.39 is 0 Å². The fourth-order valence-corrected chi connectivity index (χ4v) is 2.08. The molecule has 0 atom stereocenters. The first kappa shape index (κ1) is 15.4. The van der Waals surface area contributed by atoms with Crippen LogP contribution in [0.2, 0.25) is 0 Å². The number of ether oxygens (including phenoxy) is 1. The molecule has 0 aliphatic rings. The first-order valence-electron chi connectivity index (χ1n) is 7.08. The van der Waals surface area contributed by atoms with Crippen LogP contribution in [0.1, 0.15) is 25.2 Å². The molecule has 0 fully saturated rings. The van der Waals surface area contributed by atoms with Crippen LogP contribution in [0.25, 0.3) is 0 Å². The van der Waals surface area contributed by atoms with E-state index in [4.69, 9.17) is 10.5 Å². The van der Waals surface area contributed by atoms with E-state index in [0.717, 1.165) is 17.9 Å². The number of rotatable bonds is 7. The van der Waals surface area contributed by atoms with Crippen molar-refractivity contribution in [2.45, 2.75) is 33.4 Å². The minimum Gasteiger partial charge on any atom is -0.485 e. The van der Waals surface area contributed by atoms with E-state index in [1.807, 2.05) is 4.68 Å². The van der Waals surface area contributed by atoms with Gasteiger partial charge in [-0.3, -0.25) is 0 Å². The van der Waals surface area contributed by atoms with Gasteiger partial charge in [0, 0.05) is 6.54 Å². The van der Waals surface area contributed by atoms with Crippen LogP contribution in [0.5, 0.6) is 5.75 Å². The lowest BCUT2D eigenvalue weighted by atomic mass is 10.1. The molecule has 21 heavy (non-hydrogen) atoms. The lowest BCUT2D eigenvalue weighted by Gasteiger charge is -2.12. The van der Waals surface area contributed by atoms with Gasteiger partial charge >= 0.3 is 0 Å². The molecular formula is C15H21FN4O. The van der Waals surface area contributed by atoms with E-state index in [1.54, 1.807) is 6.07 Å². The Kier molecular flexibility index (Phi) is 5.27. The summed E-state index contributed by atoms with van der Waals surface area (Å²) in [4.78, 5) is 4.21. The fourth-order valence-electron chi connectivity index (χ4n) is 2.08. The molecule has 2 N–H and O–H groups in total. The minimum absolute atomic E-state index is 0.284. The standard InChI is InChI=1S/C15H21FN4O/c1-11(2)8-20-15(18-10-19-20)9-21-14-4-3-13(16)7-12(14)5-6-17/h3-4,7,10-11H,5-6,8-9,17H2,1-2H3. The maximum absolute atomic E-state index is 13.3. The van der Waals surface area contributed by atoms with Crippen molar-refractivity contribution >= 4 is 0 Å². The van der Waals surface area contributed by atoms with Gasteiger partial charge in [-0.25, -0.2) is 14.1 Å². The second-order valence-electron chi connectivity index (χ2n) is 5.33. The second-order valence-corrected chi connectivity index (χ2v) is 5.33. The molecule has 114 valence electrons. The van der Waals surface area contributed by atoms with Gasteiger partial charge in [0.15, 0.2) is 5.82 Å². The van der Waals surface area contributed by atoms with Gasteiger partial charge in [-0.15, -0.1) is 0 Å². The Morgan fingerprint density at radius 2 is 2.19 bits per heavy atom. The smallest absolute Gasteiger partial charge is 0.164 e. The first-order valence-corrected chi connectivity index (χ1v) is 7.08. The highest BCUT2D eigenvalue weighted by molar-refractivity contribution is 5.34. The van der Waals surface area contributed by atoms with Crippen LogP contribution in [0.4, 0.5) is 4.39 Å². The highest BCUT2D eigenvalue weighted by Gasteiger charge is 2.09. The average molecular weight is 292 g/mol. The molecule has 0 spiro atoms. The third-order valence-electron chi connectivity index (χ3n) is 3.03. The van der Waals surface area contributed by atoms with E-state index in [-0.39, 0.29) is 5.82 Å². The molecule has 1 aromatic carbocycles. The Morgan fingerprint density at radius 1 is 1.38 bits per heavy atom. The molecular weight excluding hydrogens is 271 g/mol. The van der Waals surface area contributed by atoms with Crippen molar-refractivity contribution in [3.05, 3.63) is 41.7 Å². The Hall–Kier alpha value is -1.95. The van der Waals surface area contributed by atoms with Gasteiger partial charge in [-0.1, -0.05) is 13.8 Å². The van der Waals surface area contributed by atoms with Crippen molar-refractivity contribution in [1.29, 1.82) is 0 Å². The summed E-state index contributed by atoms with van der Waals surface area (Å²) in [5, 5.41) is 4.19. The fraction of sp³-hybridized carbons (Fsp3) is 0.467. The number of hydrogen-bond acceptors (Lipinski definition) is 4. The summed E-state index contributed by atoms with van der Waals surface area (Å²) < 4.78 is 20.9. The number of nitrogens with zero attached hydrogens (tertiary/aromatic N) is 3. The normalized spacial score (nSPS) is 11.1. The average Bonchev–Trinajstić information content (AvgIpc) is 2.85. The Morgan fingerprint density at radius 3 is 2.90 bits per heavy atom. The van der Waals surface area contributed by atoms with Gasteiger partial charge in [0.25, 0.3) is 0 Å². The number of nitrogens with two attached hydrogens (primary N) is 1. The molecule has 0 aliphatic carbocycles. The van der Waals surface area contributed by atoms with Crippen molar-refractivity contribution < 1.29 is 9.13 Å². The minimum atomic E-state index is -0.284. The molecule has 0 radical (unpaired) electrons. The van der Waals surface area contributed by atoms with Gasteiger partial charge in [-0.05, 0) is 42.6 Å². The van der Waals surface area contributed by atoms with Crippen LogP contribution in [0, 0.1) is 11.7 Å². The quantitative estimate of drug-likeness (QED) is 0.849. The van der Waals surface area contributed by atoms with Crippen molar-refractivity contribution in [3.63, 3.8) is 0 Å². The van der Waals surface area contributed by atoms with Gasteiger partial charge < -0.3 is 10.5 Å². The first-order chi connectivity index (χ1) is 10.1. The van der Waals surface area contributed by atoms with Gasteiger partial charge in [-0.2, -0.15) is 5.10 Å². The van der Waals surface area contributed by atoms with Gasteiger partial charge in [0.05, 0.1) is 0 Å². The van der Waals surface area contributed by atoms with E-state index in [1.165, 1.54) is 18.5 Å². The lowest BCUT2D eigenvalue weighted by Crippen LogP contribution is -2.13. The third-order valence-corrected chi connectivity index (χ3v) is 3.03. The van der Waals surface area contributed by atoms with Crippen LogP contribution < -0.4 is 10.5 Å². The van der Waals surface area contributed by atoms with Crippen molar-refractivity contribution in [1.82, 2.24) is 14.8 Å². The van der Waals surface area contributed by atoms with Crippen molar-refractivity contribution in [2.24, 2.45) is 11.7 Å². The summed E-state index contributed by atoms with van der Waals surface area (Å²) in [6.45, 7) is 5.77. The molecule has 0 aliphatic heterocycles. The lowest BCUT2D eigenvalue weighted by molar-refractivity contribution is 0.279. The molecule has 0 saturated heterocycles. The molecule has 0 amide bonds. The summed E-state index contributed by atoms with van der Waals surface area (Å²) in [6, 6.07) is 4.47. The SMILES string of the molecule is CC(C)Cn1ncnc1COc1ccc(F)cc1CCN.